The van der Waals surface area contributed by atoms with Crippen molar-refractivity contribution in [2.75, 3.05) is 7.11 Å². The Labute approximate surface area is 116 Å². The maximum absolute atomic E-state index is 9.31. The van der Waals surface area contributed by atoms with Gasteiger partial charge in [-0.25, -0.2) is 0 Å². The van der Waals surface area contributed by atoms with Crippen LogP contribution in [-0.2, 0) is 18.0 Å². The second-order valence-corrected chi connectivity index (χ2v) is 5.04. The second-order valence-electron chi connectivity index (χ2n) is 4.01. The molecular formula is C13H15BO4S. The normalized spacial score (nSPS) is 10.5. The van der Waals surface area contributed by atoms with Crippen LogP contribution in [0.2, 0.25) is 0 Å². The van der Waals surface area contributed by atoms with Gasteiger partial charge in [0.25, 0.3) is 0 Å². The van der Waals surface area contributed by atoms with Crippen molar-refractivity contribution in [3.05, 3.63) is 46.2 Å². The van der Waals surface area contributed by atoms with Crippen LogP contribution in [0.3, 0.4) is 0 Å². The molecular weight excluding hydrogens is 263 g/mol. The van der Waals surface area contributed by atoms with Crippen LogP contribution < -0.4 is 10.2 Å². The maximum atomic E-state index is 9.31. The molecule has 0 bridgehead atoms. The number of thiophene rings is 1. The summed E-state index contributed by atoms with van der Waals surface area (Å²) in [5.41, 5.74) is 1.15. The van der Waals surface area contributed by atoms with Crippen LogP contribution in [0.4, 0.5) is 0 Å². The lowest BCUT2D eigenvalue weighted by Gasteiger charge is -2.11. The first-order valence-electron chi connectivity index (χ1n) is 5.84. The van der Waals surface area contributed by atoms with Crippen molar-refractivity contribution in [2.45, 2.75) is 13.2 Å². The van der Waals surface area contributed by atoms with Crippen LogP contribution in [0.15, 0.2) is 35.7 Å². The van der Waals surface area contributed by atoms with Gasteiger partial charge < -0.3 is 19.5 Å². The van der Waals surface area contributed by atoms with Crippen LogP contribution in [0, 0.1) is 0 Å². The summed E-state index contributed by atoms with van der Waals surface area (Å²) in [6.45, 7) is 0.817. The predicted octanol–water partition coefficient (Wildman–Crippen LogP) is 1.15. The van der Waals surface area contributed by atoms with E-state index >= 15 is 0 Å². The standard InChI is InChI=1S/C13H15BO4S/c1-17-11-4-5-13(14(15)16)10(7-11)8-18-9-12-3-2-6-19-12/h2-7,15-16H,8-9H2,1H3. The molecule has 2 N–H and O–H groups in total. The van der Waals surface area contributed by atoms with Gasteiger partial charge in [0, 0.05) is 4.88 Å². The van der Waals surface area contributed by atoms with E-state index in [9.17, 15) is 10.0 Å². The van der Waals surface area contributed by atoms with E-state index in [-0.39, 0.29) is 0 Å². The van der Waals surface area contributed by atoms with Gasteiger partial charge in [-0.3, -0.25) is 0 Å². The van der Waals surface area contributed by atoms with Crippen molar-refractivity contribution in [1.29, 1.82) is 0 Å². The summed E-state index contributed by atoms with van der Waals surface area (Å²) < 4.78 is 10.7. The van der Waals surface area contributed by atoms with E-state index in [0.717, 1.165) is 4.88 Å². The molecule has 0 fully saturated rings. The van der Waals surface area contributed by atoms with E-state index in [1.165, 1.54) is 0 Å². The zero-order valence-electron chi connectivity index (χ0n) is 10.6. The van der Waals surface area contributed by atoms with Gasteiger partial charge >= 0.3 is 7.12 Å². The van der Waals surface area contributed by atoms with Crippen LogP contribution in [0.25, 0.3) is 0 Å². The third-order valence-electron chi connectivity index (χ3n) is 2.71. The molecule has 1 aromatic heterocycles. The third-order valence-corrected chi connectivity index (χ3v) is 3.56. The van der Waals surface area contributed by atoms with Crippen molar-refractivity contribution < 1.29 is 19.5 Å². The highest BCUT2D eigenvalue weighted by Gasteiger charge is 2.16. The van der Waals surface area contributed by atoms with Crippen molar-refractivity contribution in [1.82, 2.24) is 0 Å². The minimum Gasteiger partial charge on any atom is -0.497 e. The molecule has 1 aromatic carbocycles. The second kappa shape index (κ2) is 6.72. The van der Waals surface area contributed by atoms with Crippen LogP contribution in [0.5, 0.6) is 5.75 Å². The molecule has 0 radical (unpaired) electrons. The monoisotopic (exact) mass is 278 g/mol. The molecule has 0 saturated carbocycles. The summed E-state index contributed by atoms with van der Waals surface area (Å²) >= 11 is 1.63. The van der Waals surface area contributed by atoms with E-state index < -0.39 is 7.12 Å². The van der Waals surface area contributed by atoms with E-state index in [4.69, 9.17) is 9.47 Å². The number of ether oxygens (including phenoxy) is 2. The summed E-state index contributed by atoms with van der Waals surface area (Å²) in [6, 6.07) is 9.05. The van der Waals surface area contributed by atoms with Gasteiger partial charge in [-0.2, -0.15) is 0 Å². The first-order chi connectivity index (χ1) is 9.20. The Bertz CT molecular complexity index is 513. The molecule has 2 rings (SSSR count). The smallest absolute Gasteiger partial charge is 0.488 e. The Morgan fingerprint density at radius 1 is 1.21 bits per heavy atom. The lowest BCUT2D eigenvalue weighted by Crippen LogP contribution is -2.33. The molecule has 1 heterocycles. The fourth-order valence-corrected chi connectivity index (χ4v) is 2.38. The number of hydrogen-bond acceptors (Lipinski definition) is 5. The Kier molecular flexibility index (Phi) is 4.98. The van der Waals surface area contributed by atoms with Gasteiger partial charge in [0.1, 0.15) is 5.75 Å². The number of rotatable bonds is 6. The van der Waals surface area contributed by atoms with Crippen LogP contribution in [0.1, 0.15) is 10.4 Å². The summed E-state index contributed by atoms with van der Waals surface area (Å²) in [4.78, 5) is 1.13. The van der Waals surface area contributed by atoms with E-state index in [2.05, 4.69) is 0 Å². The van der Waals surface area contributed by atoms with Gasteiger partial charge in [0.15, 0.2) is 0 Å². The van der Waals surface area contributed by atoms with Crippen LogP contribution in [-0.4, -0.2) is 24.3 Å². The van der Waals surface area contributed by atoms with Crippen molar-refractivity contribution in [3.63, 3.8) is 0 Å². The van der Waals surface area contributed by atoms with Crippen molar-refractivity contribution in [3.8, 4) is 5.75 Å². The molecule has 0 amide bonds. The summed E-state index contributed by atoms with van der Waals surface area (Å²) in [5.74, 6) is 0.666. The Morgan fingerprint density at radius 3 is 2.68 bits per heavy atom. The zero-order chi connectivity index (χ0) is 13.7. The molecule has 0 saturated heterocycles. The SMILES string of the molecule is COc1ccc(B(O)O)c(COCc2cccs2)c1. The molecule has 0 atom stereocenters. The maximum Gasteiger partial charge on any atom is 0.488 e. The fraction of sp³-hybridized carbons (Fsp3) is 0.231. The summed E-state index contributed by atoms with van der Waals surface area (Å²) in [5, 5.41) is 20.6. The molecule has 6 heteroatoms. The molecule has 0 aliphatic rings. The highest BCUT2D eigenvalue weighted by atomic mass is 32.1. The Morgan fingerprint density at radius 2 is 2.05 bits per heavy atom. The molecule has 19 heavy (non-hydrogen) atoms. The first kappa shape index (κ1) is 14.1. The topological polar surface area (TPSA) is 58.9 Å². The molecule has 0 spiro atoms. The van der Waals surface area contributed by atoms with Gasteiger partial charge in [-0.1, -0.05) is 12.1 Å². The summed E-state index contributed by atoms with van der Waals surface area (Å²) in [7, 11) is 0.0620. The van der Waals surface area contributed by atoms with Gasteiger partial charge in [-0.15, -0.1) is 11.3 Å². The zero-order valence-corrected chi connectivity index (χ0v) is 11.4. The lowest BCUT2D eigenvalue weighted by molar-refractivity contribution is 0.109. The average molecular weight is 278 g/mol. The molecule has 100 valence electrons. The Balaban J connectivity index is 2.04. The van der Waals surface area contributed by atoms with Gasteiger partial charge in [0.05, 0.1) is 20.3 Å². The Hall–Kier alpha value is -1.34. The fourth-order valence-electron chi connectivity index (χ4n) is 1.74. The minimum atomic E-state index is -1.51. The van der Waals surface area contributed by atoms with E-state index in [1.807, 2.05) is 17.5 Å². The molecule has 4 nitrogen and oxygen atoms in total. The number of methoxy groups -OCH3 is 1. The quantitative estimate of drug-likeness (QED) is 0.778. The predicted molar refractivity (Wildman–Crippen MR) is 75.6 cm³/mol. The molecule has 0 aliphatic heterocycles. The minimum absolute atomic E-state index is 0.308. The van der Waals surface area contributed by atoms with Crippen molar-refractivity contribution >= 4 is 23.9 Å². The first-order valence-corrected chi connectivity index (χ1v) is 6.71. The highest BCUT2D eigenvalue weighted by molar-refractivity contribution is 7.09. The van der Waals surface area contributed by atoms with E-state index in [0.29, 0.717) is 30.0 Å². The molecule has 2 aromatic rings. The van der Waals surface area contributed by atoms with Gasteiger partial charge in [-0.05, 0) is 34.6 Å². The molecule has 0 aliphatic carbocycles. The highest BCUT2D eigenvalue weighted by Crippen LogP contribution is 2.14. The largest absolute Gasteiger partial charge is 0.497 e. The number of benzene rings is 1. The molecule has 0 unspecified atom stereocenters. The average Bonchev–Trinajstić information content (AvgIpc) is 2.91. The van der Waals surface area contributed by atoms with Crippen LogP contribution >= 0.6 is 11.3 Å². The third kappa shape index (κ3) is 3.81. The summed E-state index contributed by atoms with van der Waals surface area (Å²) in [6.07, 6.45) is 0. The van der Waals surface area contributed by atoms with Gasteiger partial charge in [0.2, 0.25) is 0 Å². The lowest BCUT2D eigenvalue weighted by atomic mass is 9.77. The number of hydrogen-bond donors (Lipinski definition) is 2. The van der Waals surface area contributed by atoms with Crippen molar-refractivity contribution in [2.24, 2.45) is 0 Å². The van der Waals surface area contributed by atoms with E-state index in [1.54, 1.807) is 36.6 Å².